The summed E-state index contributed by atoms with van der Waals surface area (Å²) < 4.78 is 5.22. The number of nitrogens with one attached hydrogen (secondary N) is 1. The number of aliphatic hydroxyl groups excluding tert-OH is 1. The SMILES string of the molecule is CN(C[C@@H]1CNC[C@@H]1O)C(=O)OCc1ccccc1. The summed E-state index contributed by atoms with van der Waals surface area (Å²) in [5.41, 5.74) is 0.965. The van der Waals surface area contributed by atoms with Gasteiger partial charge in [0, 0.05) is 32.6 Å². The van der Waals surface area contributed by atoms with Gasteiger partial charge in [0.15, 0.2) is 0 Å². The van der Waals surface area contributed by atoms with Crippen molar-refractivity contribution in [2.24, 2.45) is 5.92 Å². The molecule has 0 bridgehead atoms. The molecule has 1 aliphatic rings. The monoisotopic (exact) mass is 264 g/mol. The first-order valence-electron chi connectivity index (χ1n) is 6.47. The standard InChI is InChI=1S/C14H20N2O3/c1-16(9-12-7-15-8-13(12)17)14(18)19-10-11-5-3-2-4-6-11/h2-6,12-13,15,17H,7-10H2,1H3/t12-,13-/m0/s1. The van der Waals surface area contributed by atoms with E-state index in [1.54, 1.807) is 7.05 Å². The van der Waals surface area contributed by atoms with Gasteiger partial charge in [-0.3, -0.25) is 0 Å². The van der Waals surface area contributed by atoms with Crippen molar-refractivity contribution in [1.82, 2.24) is 10.2 Å². The number of carbonyl (C=O) groups excluding carboxylic acids is 1. The maximum Gasteiger partial charge on any atom is 0.409 e. The quantitative estimate of drug-likeness (QED) is 0.846. The van der Waals surface area contributed by atoms with Crippen LogP contribution < -0.4 is 5.32 Å². The Balaban J connectivity index is 1.76. The molecule has 1 aromatic carbocycles. The third kappa shape index (κ3) is 3.94. The van der Waals surface area contributed by atoms with Gasteiger partial charge in [0.1, 0.15) is 6.61 Å². The number of nitrogens with zero attached hydrogens (tertiary/aromatic N) is 1. The van der Waals surface area contributed by atoms with Gasteiger partial charge in [-0.25, -0.2) is 4.79 Å². The van der Waals surface area contributed by atoms with Crippen LogP contribution in [-0.4, -0.2) is 48.9 Å². The number of amides is 1. The number of aliphatic hydroxyl groups is 1. The molecular formula is C14H20N2O3. The minimum Gasteiger partial charge on any atom is -0.445 e. The van der Waals surface area contributed by atoms with Gasteiger partial charge in [-0.15, -0.1) is 0 Å². The fraction of sp³-hybridized carbons (Fsp3) is 0.500. The molecule has 19 heavy (non-hydrogen) atoms. The lowest BCUT2D eigenvalue weighted by Crippen LogP contribution is -2.36. The Morgan fingerprint density at radius 3 is 2.79 bits per heavy atom. The van der Waals surface area contributed by atoms with Crippen molar-refractivity contribution in [1.29, 1.82) is 0 Å². The lowest BCUT2D eigenvalue weighted by molar-refractivity contribution is 0.0845. The van der Waals surface area contributed by atoms with Crippen LogP contribution in [0.2, 0.25) is 0 Å². The van der Waals surface area contributed by atoms with E-state index in [-0.39, 0.29) is 24.7 Å². The molecule has 1 saturated heterocycles. The van der Waals surface area contributed by atoms with E-state index in [1.807, 2.05) is 30.3 Å². The molecule has 0 spiro atoms. The van der Waals surface area contributed by atoms with Crippen molar-refractivity contribution < 1.29 is 14.6 Å². The smallest absolute Gasteiger partial charge is 0.409 e. The summed E-state index contributed by atoms with van der Waals surface area (Å²) in [4.78, 5) is 13.3. The van der Waals surface area contributed by atoms with Crippen molar-refractivity contribution in [3.8, 4) is 0 Å². The van der Waals surface area contributed by atoms with E-state index in [2.05, 4.69) is 5.32 Å². The van der Waals surface area contributed by atoms with Crippen LogP contribution in [0.3, 0.4) is 0 Å². The highest BCUT2D eigenvalue weighted by atomic mass is 16.6. The van der Waals surface area contributed by atoms with Gasteiger partial charge in [-0.05, 0) is 5.56 Å². The summed E-state index contributed by atoms with van der Waals surface area (Å²) >= 11 is 0. The molecule has 5 heteroatoms. The molecule has 104 valence electrons. The molecule has 0 radical (unpaired) electrons. The Kier molecular flexibility index (Phi) is 4.76. The van der Waals surface area contributed by atoms with Crippen molar-refractivity contribution in [3.63, 3.8) is 0 Å². The Morgan fingerprint density at radius 2 is 2.16 bits per heavy atom. The van der Waals surface area contributed by atoms with E-state index < -0.39 is 0 Å². The van der Waals surface area contributed by atoms with Crippen LogP contribution in [0.5, 0.6) is 0 Å². The second-order valence-electron chi connectivity index (χ2n) is 4.91. The van der Waals surface area contributed by atoms with Crippen LogP contribution in [0.1, 0.15) is 5.56 Å². The highest BCUT2D eigenvalue weighted by Crippen LogP contribution is 2.11. The van der Waals surface area contributed by atoms with E-state index in [4.69, 9.17) is 4.74 Å². The molecule has 5 nitrogen and oxygen atoms in total. The Morgan fingerprint density at radius 1 is 1.42 bits per heavy atom. The molecule has 2 atom stereocenters. The summed E-state index contributed by atoms with van der Waals surface area (Å²) in [7, 11) is 1.69. The normalized spacial score (nSPS) is 22.2. The third-order valence-corrected chi connectivity index (χ3v) is 3.33. The summed E-state index contributed by atoms with van der Waals surface area (Å²) in [6.45, 7) is 2.10. The molecule has 1 aliphatic heterocycles. The van der Waals surface area contributed by atoms with E-state index in [9.17, 15) is 9.90 Å². The number of carbonyl (C=O) groups is 1. The predicted octanol–water partition coefficient (Wildman–Crippen LogP) is 0.835. The Labute approximate surface area is 113 Å². The zero-order valence-electron chi connectivity index (χ0n) is 11.1. The maximum atomic E-state index is 11.8. The van der Waals surface area contributed by atoms with Gasteiger partial charge in [0.05, 0.1) is 6.10 Å². The minimum atomic E-state index is -0.385. The summed E-state index contributed by atoms with van der Waals surface area (Å²) in [5.74, 6) is 0.0780. The maximum absolute atomic E-state index is 11.8. The molecule has 1 fully saturated rings. The second-order valence-corrected chi connectivity index (χ2v) is 4.91. The van der Waals surface area contributed by atoms with Crippen LogP contribution in [0.4, 0.5) is 4.79 Å². The third-order valence-electron chi connectivity index (χ3n) is 3.33. The van der Waals surface area contributed by atoms with Gasteiger partial charge in [-0.2, -0.15) is 0 Å². The minimum absolute atomic E-state index is 0.0780. The zero-order chi connectivity index (χ0) is 13.7. The first-order chi connectivity index (χ1) is 9.16. The molecule has 1 aromatic rings. The van der Waals surface area contributed by atoms with Crippen LogP contribution in [-0.2, 0) is 11.3 Å². The molecule has 1 heterocycles. The number of ether oxygens (including phenoxy) is 1. The number of rotatable bonds is 4. The Bertz CT molecular complexity index is 410. The first kappa shape index (κ1) is 13.8. The van der Waals surface area contributed by atoms with Gasteiger partial charge in [0.2, 0.25) is 0 Å². The van der Waals surface area contributed by atoms with E-state index in [0.717, 1.165) is 12.1 Å². The van der Waals surface area contributed by atoms with Gasteiger partial charge in [-0.1, -0.05) is 30.3 Å². The summed E-state index contributed by atoms with van der Waals surface area (Å²) in [6.07, 6.45) is -0.743. The highest BCUT2D eigenvalue weighted by Gasteiger charge is 2.27. The van der Waals surface area contributed by atoms with Crippen LogP contribution in [0.25, 0.3) is 0 Å². The van der Waals surface area contributed by atoms with Crippen molar-refractivity contribution in [2.45, 2.75) is 12.7 Å². The van der Waals surface area contributed by atoms with Crippen molar-refractivity contribution >= 4 is 6.09 Å². The summed E-state index contributed by atoms with van der Waals surface area (Å²) in [5, 5.41) is 12.8. The second kappa shape index (κ2) is 6.54. The molecule has 0 aliphatic carbocycles. The fourth-order valence-corrected chi connectivity index (χ4v) is 2.16. The molecule has 0 aromatic heterocycles. The van der Waals surface area contributed by atoms with Crippen molar-refractivity contribution in [2.75, 3.05) is 26.7 Å². The molecule has 2 N–H and O–H groups in total. The van der Waals surface area contributed by atoms with Gasteiger partial charge < -0.3 is 20.1 Å². The molecule has 2 rings (SSSR count). The average Bonchev–Trinajstić information content (AvgIpc) is 2.82. The first-order valence-corrected chi connectivity index (χ1v) is 6.47. The topological polar surface area (TPSA) is 61.8 Å². The number of hydrogen-bond acceptors (Lipinski definition) is 4. The van der Waals surface area contributed by atoms with Crippen LogP contribution in [0, 0.1) is 5.92 Å². The zero-order valence-corrected chi connectivity index (χ0v) is 11.1. The van der Waals surface area contributed by atoms with Crippen LogP contribution in [0.15, 0.2) is 30.3 Å². The number of hydrogen-bond donors (Lipinski definition) is 2. The Hall–Kier alpha value is -1.59. The molecule has 0 unspecified atom stereocenters. The highest BCUT2D eigenvalue weighted by molar-refractivity contribution is 5.67. The van der Waals surface area contributed by atoms with Gasteiger partial charge >= 0.3 is 6.09 Å². The largest absolute Gasteiger partial charge is 0.445 e. The van der Waals surface area contributed by atoms with E-state index in [0.29, 0.717) is 13.1 Å². The number of β-amino-alcohol motifs (C(OH)–C–C–N with tert-alkyl or cyclic N) is 1. The number of benzene rings is 1. The van der Waals surface area contributed by atoms with Crippen LogP contribution >= 0.6 is 0 Å². The van der Waals surface area contributed by atoms with Gasteiger partial charge in [0.25, 0.3) is 0 Å². The molecule has 1 amide bonds. The molecular weight excluding hydrogens is 244 g/mol. The molecule has 0 saturated carbocycles. The predicted molar refractivity (Wildman–Crippen MR) is 71.6 cm³/mol. The van der Waals surface area contributed by atoms with E-state index >= 15 is 0 Å². The van der Waals surface area contributed by atoms with E-state index in [1.165, 1.54) is 4.90 Å². The lowest BCUT2D eigenvalue weighted by atomic mass is 10.1. The fourth-order valence-electron chi connectivity index (χ4n) is 2.16. The van der Waals surface area contributed by atoms with Crippen molar-refractivity contribution in [3.05, 3.63) is 35.9 Å². The average molecular weight is 264 g/mol. The summed E-state index contributed by atoms with van der Waals surface area (Å²) in [6, 6.07) is 9.57. The lowest BCUT2D eigenvalue weighted by Gasteiger charge is -2.22.